The number of halogens is 3. The number of nitrogens with zero attached hydrogens (tertiary/aromatic N) is 2. The van der Waals surface area contributed by atoms with Crippen LogP contribution in [0.5, 0.6) is 0 Å². The molecule has 0 spiro atoms. The van der Waals surface area contributed by atoms with Gasteiger partial charge in [-0.2, -0.15) is 13.2 Å². The van der Waals surface area contributed by atoms with Crippen LogP contribution in [-0.2, 0) is 16.0 Å². The number of carbonyl (C=O) groups excluding carboxylic acids is 2. The number of amides is 2. The lowest BCUT2D eigenvalue weighted by atomic mass is 9.99. The van der Waals surface area contributed by atoms with Crippen molar-refractivity contribution in [3.05, 3.63) is 101 Å². The van der Waals surface area contributed by atoms with Gasteiger partial charge in [0.05, 0.1) is 21.7 Å². The number of nitrogens with one attached hydrogen (secondary N) is 1. The number of alkyl halides is 3. The number of hydrogen-bond donors (Lipinski definition) is 1. The van der Waals surface area contributed by atoms with E-state index in [1.165, 1.54) is 45.9 Å². The maximum absolute atomic E-state index is 14.3. The fourth-order valence-electron chi connectivity index (χ4n) is 4.55. The van der Waals surface area contributed by atoms with Crippen LogP contribution in [0, 0.1) is 13.8 Å². The molecule has 1 aromatic heterocycles. The second-order valence-electron chi connectivity index (χ2n) is 9.88. The van der Waals surface area contributed by atoms with Crippen molar-refractivity contribution in [3.8, 4) is 16.8 Å². The molecule has 0 bridgehead atoms. The van der Waals surface area contributed by atoms with Crippen LogP contribution in [0.1, 0.15) is 37.7 Å². The first-order chi connectivity index (χ1) is 19.1. The van der Waals surface area contributed by atoms with Gasteiger partial charge in [-0.3, -0.25) is 9.59 Å². The molecule has 214 valence electrons. The molecule has 2 amide bonds. The number of anilines is 1. The molecule has 0 aliphatic rings. The molecule has 0 aliphatic carbocycles. The molecule has 1 N–H and O–H groups in total. The Kier molecular flexibility index (Phi) is 7.86. The minimum absolute atomic E-state index is 0.0924. The van der Waals surface area contributed by atoms with Crippen molar-refractivity contribution in [1.29, 1.82) is 0 Å². The molecule has 1 heterocycles. The van der Waals surface area contributed by atoms with Crippen LogP contribution >= 0.6 is 0 Å². The molecule has 11 heteroatoms. The highest BCUT2D eigenvalue weighted by atomic mass is 32.2. The van der Waals surface area contributed by atoms with E-state index in [0.29, 0.717) is 33.8 Å². The van der Waals surface area contributed by atoms with Crippen LogP contribution < -0.4 is 5.32 Å². The molecule has 0 fully saturated rings. The van der Waals surface area contributed by atoms with Crippen LogP contribution in [0.25, 0.3) is 16.8 Å². The van der Waals surface area contributed by atoms with Crippen molar-refractivity contribution in [3.63, 3.8) is 0 Å². The Morgan fingerprint density at radius 2 is 1.44 bits per heavy atom. The van der Waals surface area contributed by atoms with Crippen molar-refractivity contribution < 1.29 is 31.2 Å². The van der Waals surface area contributed by atoms with Gasteiger partial charge in [0.2, 0.25) is 0 Å². The van der Waals surface area contributed by atoms with E-state index in [9.17, 15) is 31.2 Å². The van der Waals surface area contributed by atoms with Crippen molar-refractivity contribution in [1.82, 2.24) is 9.47 Å². The van der Waals surface area contributed by atoms with Gasteiger partial charge in [0, 0.05) is 43.0 Å². The molecule has 0 atom stereocenters. The van der Waals surface area contributed by atoms with Crippen LogP contribution in [0.2, 0.25) is 0 Å². The minimum atomic E-state index is -4.70. The van der Waals surface area contributed by atoms with E-state index in [4.69, 9.17) is 0 Å². The second-order valence-corrected chi connectivity index (χ2v) is 11.9. The summed E-state index contributed by atoms with van der Waals surface area (Å²) in [5.41, 5.74) is 1.48. The molecule has 41 heavy (non-hydrogen) atoms. The van der Waals surface area contributed by atoms with E-state index in [0.717, 1.165) is 12.3 Å². The first kappa shape index (κ1) is 29.6. The van der Waals surface area contributed by atoms with Crippen LogP contribution in [0.4, 0.5) is 18.9 Å². The molecular weight excluding hydrogens is 555 g/mol. The summed E-state index contributed by atoms with van der Waals surface area (Å²) < 4.78 is 67.8. The monoisotopic (exact) mass is 583 g/mol. The fourth-order valence-corrected chi connectivity index (χ4v) is 5.18. The third-order valence-corrected chi connectivity index (χ3v) is 7.76. The molecule has 4 aromatic rings. The molecule has 0 saturated carbocycles. The Bertz CT molecular complexity index is 1740. The minimum Gasteiger partial charge on any atom is -0.345 e. The first-order valence-corrected chi connectivity index (χ1v) is 14.3. The highest BCUT2D eigenvalue weighted by Crippen LogP contribution is 2.38. The van der Waals surface area contributed by atoms with Gasteiger partial charge in [0.1, 0.15) is 0 Å². The van der Waals surface area contributed by atoms with Crippen LogP contribution in [0.3, 0.4) is 0 Å². The topological polar surface area (TPSA) is 88.5 Å². The van der Waals surface area contributed by atoms with E-state index < -0.39 is 27.5 Å². The van der Waals surface area contributed by atoms with Gasteiger partial charge in [-0.1, -0.05) is 18.2 Å². The van der Waals surface area contributed by atoms with E-state index >= 15 is 0 Å². The average molecular weight is 584 g/mol. The summed E-state index contributed by atoms with van der Waals surface area (Å²) in [5, 5.41) is 2.67. The number of carbonyl (C=O) groups is 2. The maximum Gasteiger partial charge on any atom is 0.418 e. The van der Waals surface area contributed by atoms with E-state index in [1.54, 1.807) is 58.3 Å². The van der Waals surface area contributed by atoms with Crippen molar-refractivity contribution in [2.75, 3.05) is 25.7 Å². The Morgan fingerprint density at radius 1 is 0.854 bits per heavy atom. The molecular formula is C30H28F3N3O4S. The van der Waals surface area contributed by atoms with Crippen molar-refractivity contribution in [2.24, 2.45) is 0 Å². The Labute approximate surface area is 236 Å². The molecule has 0 saturated heterocycles. The number of rotatable bonds is 6. The summed E-state index contributed by atoms with van der Waals surface area (Å²) in [6.45, 7) is 3.17. The van der Waals surface area contributed by atoms with Gasteiger partial charge in [0.25, 0.3) is 11.8 Å². The Hall–Kier alpha value is -4.38. The predicted octanol–water partition coefficient (Wildman–Crippen LogP) is 6.14. The number of hydrogen-bond acceptors (Lipinski definition) is 4. The summed E-state index contributed by atoms with van der Waals surface area (Å²) in [6, 6.07) is 17.4. The quantitative estimate of drug-likeness (QED) is 0.296. The van der Waals surface area contributed by atoms with Gasteiger partial charge in [-0.05, 0) is 79.6 Å². The molecule has 3 aromatic carbocycles. The summed E-state index contributed by atoms with van der Waals surface area (Å²) in [5.74, 6) is -0.763. The second kappa shape index (κ2) is 10.9. The zero-order chi connectivity index (χ0) is 30.3. The third kappa shape index (κ3) is 6.19. The smallest absolute Gasteiger partial charge is 0.345 e. The fraction of sp³-hybridized carbons (Fsp3) is 0.200. The maximum atomic E-state index is 14.3. The molecule has 7 nitrogen and oxygen atoms in total. The summed E-state index contributed by atoms with van der Waals surface area (Å²) in [7, 11) is -0.181. The average Bonchev–Trinajstić information content (AvgIpc) is 3.20. The van der Waals surface area contributed by atoms with Gasteiger partial charge < -0.3 is 14.8 Å². The standard InChI is InChI=1S/C30H28F3N3O4S/c1-18-16-25(28(37)34-23-11-13-24(14-12-23)41(5,39)40)19(2)36(18)27-15-10-22(17-26(27)30(31,32)33)20-6-8-21(9-7-20)29(38)35(3)4/h6-17H,1-5H3,(H,34,37). The van der Waals surface area contributed by atoms with Gasteiger partial charge in [-0.15, -0.1) is 0 Å². The zero-order valence-electron chi connectivity index (χ0n) is 23.0. The zero-order valence-corrected chi connectivity index (χ0v) is 23.8. The number of aryl methyl sites for hydroxylation is 1. The molecule has 4 rings (SSSR count). The molecule has 0 aliphatic heterocycles. The van der Waals surface area contributed by atoms with Crippen LogP contribution in [-0.4, -0.2) is 50.1 Å². The summed E-state index contributed by atoms with van der Waals surface area (Å²) in [6.07, 6.45) is -3.62. The molecule has 0 unspecified atom stereocenters. The van der Waals surface area contributed by atoms with E-state index in [2.05, 4.69) is 5.32 Å². The normalized spacial score (nSPS) is 11.8. The van der Waals surface area contributed by atoms with Crippen LogP contribution in [0.15, 0.2) is 77.7 Å². The predicted molar refractivity (Wildman–Crippen MR) is 151 cm³/mol. The lowest BCUT2D eigenvalue weighted by molar-refractivity contribution is -0.137. The highest BCUT2D eigenvalue weighted by molar-refractivity contribution is 7.90. The molecule has 0 radical (unpaired) electrons. The van der Waals surface area contributed by atoms with Gasteiger partial charge in [0.15, 0.2) is 9.84 Å². The van der Waals surface area contributed by atoms with Crippen molar-refractivity contribution >= 4 is 27.3 Å². The largest absolute Gasteiger partial charge is 0.418 e. The SMILES string of the molecule is Cc1cc(C(=O)Nc2ccc(S(C)(=O)=O)cc2)c(C)n1-c1ccc(-c2ccc(C(=O)N(C)C)cc2)cc1C(F)(F)F. The Morgan fingerprint density at radius 3 is 1.98 bits per heavy atom. The third-order valence-electron chi connectivity index (χ3n) is 6.63. The van der Waals surface area contributed by atoms with Crippen molar-refractivity contribution in [2.45, 2.75) is 24.9 Å². The van der Waals surface area contributed by atoms with E-state index in [1.807, 2.05) is 0 Å². The summed E-state index contributed by atoms with van der Waals surface area (Å²) in [4.78, 5) is 26.7. The number of aromatic nitrogens is 1. The van der Waals surface area contributed by atoms with Gasteiger partial charge >= 0.3 is 6.18 Å². The number of benzene rings is 3. The summed E-state index contributed by atoms with van der Waals surface area (Å²) >= 11 is 0. The highest BCUT2D eigenvalue weighted by Gasteiger charge is 2.35. The lowest BCUT2D eigenvalue weighted by Crippen LogP contribution is -2.21. The number of sulfone groups is 1. The first-order valence-electron chi connectivity index (χ1n) is 12.4. The van der Waals surface area contributed by atoms with Gasteiger partial charge in [-0.25, -0.2) is 8.42 Å². The lowest BCUT2D eigenvalue weighted by Gasteiger charge is -2.19. The van der Waals surface area contributed by atoms with E-state index in [-0.39, 0.29) is 22.1 Å². The Balaban J connectivity index is 1.69.